The molecule has 0 bridgehead atoms. The van der Waals surface area contributed by atoms with Crippen molar-refractivity contribution in [1.29, 1.82) is 0 Å². The van der Waals surface area contributed by atoms with Crippen LogP contribution in [0.15, 0.2) is 42.5 Å². The fourth-order valence-electron chi connectivity index (χ4n) is 2.61. The lowest BCUT2D eigenvalue weighted by molar-refractivity contribution is -0.120. The lowest BCUT2D eigenvalue weighted by Crippen LogP contribution is -2.37. The maximum absolute atomic E-state index is 12.5. The number of nitrogens with zero attached hydrogens (tertiary/aromatic N) is 1. The van der Waals surface area contributed by atoms with E-state index in [0.29, 0.717) is 11.3 Å². The van der Waals surface area contributed by atoms with Crippen molar-refractivity contribution in [2.45, 2.75) is 27.7 Å². The quantitative estimate of drug-likeness (QED) is 0.849. The molecule has 0 aliphatic rings. The molecule has 0 spiro atoms. The number of Topliss-reactive ketones (excluding diaryl/α,β-unsaturated/α-hetero) is 1. The van der Waals surface area contributed by atoms with E-state index in [9.17, 15) is 14.4 Å². The number of ketones is 1. The molecule has 2 rings (SSSR count). The fourth-order valence-corrected chi connectivity index (χ4v) is 2.61. The largest absolute Gasteiger partial charge is 0.324 e. The van der Waals surface area contributed by atoms with Crippen molar-refractivity contribution < 1.29 is 14.4 Å². The van der Waals surface area contributed by atoms with E-state index in [1.807, 2.05) is 32.0 Å². The summed E-state index contributed by atoms with van der Waals surface area (Å²) < 4.78 is 0. The van der Waals surface area contributed by atoms with Crippen molar-refractivity contribution >= 4 is 29.0 Å². The molecule has 25 heavy (non-hydrogen) atoms. The molecule has 0 fully saturated rings. The molecule has 0 unspecified atom stereocenters. The minimum absolute atomic E-state index is 0.0923. The molecule has 5 heteroatoms. The summed E-state index contributed by atoms with van der Waals surface area (Å²) in [5.74, 6) is -0.650. The molecule has 0 aliphatic carbocycles. The van der Waals surface area contributed by atoms with E-state index in [4.69, 9.17) is 0 Å². The molecule has 0 heterocycles. The van der Waals surface area contributed by atoms with E-state index >= 15 is 0 Å². The Kier molecular flexibility index (Phi) is 5.70. The van der Waals surface area contributed by atoms with Crippen LogP contribution in [0, 0.1) is 13.8 Å². The summed E-state index contributed by atoms with van der Waals surface area (Å²) in [4.78, 5) is 37.4. The van der Waals surface area contributed by atoms with E-state index in [-0.39, 0.29) is 24.1 Å². The maximum atomic E-state index is 12.5. The zero-order valence-corrected chi connectivity index (χ0v) is 14.9. The molecule has 0 radical (unpaired) electrons. The standard InChI is InChI=1S/C20H22N2O3/c1-13-7-5-8-14(2)20(13)21-19(25)12-22(16(4)24)18-10-6-9-17(11-18)15(3)23/h5-11H,12H2,1-4H3,(H,21,25). The van der Waals surface area contributed by atoms with Crippen molar-refractivity contribution in [3.05, 3.63) is 59.2 Å². The van der Waals surface area contributed by atoms with Crippen LogP contribution in [0.25, 0.3) is 0 Å². The fraction of sp³-hybridized carbons (Fsp3) is 0.250. The number of nitrogens with one attached hydrogen (secondary N) is 1. The highest BCUT2D eigenvalue weighted by Gasteiger charge is 2.17. The monoisotopic (exact) mass is 338 g/mol. The Morgan fingerprint density at radius 1 is 0.960 bits per heavy atom. The number of hydrogen-bond donors (Lipinski definition) is 1. The first-order valence-corrected chi connectivity index (χ1v) is 8.04. The van der Waals surface area contributed by atoms with Crippen molar-refractivity contribution in [3.63, 3.8) is 0 Å². The van der Waals surface area contributed by atoms with Crippen LogP contribution in [-0.2, 0) is 9.59 Å². The lowest BCUT2D eigenvalue weighted by Gasteiger charge is -2.22. The Bertz CT molecular complexity index is 807. The molecular formula is C20H22N2O3. The first-order valence-electron chi connectivity index (χ1n) is 8.04. The van der Waals surface area contributed by atoms with Gasteiger partial charge in [-0.2, -0.15) is 0 Å². The average Bonchev–Trinajstić information content (AvgIpc) is 2.56. The zero-order valence-electron chi connectivity index (χ0n) is 14.9. The van der Waals surface area contributed by atoms with Crippen molar-refractivity contribution in [2.24, 2.45) is 0 Å². The molecule has 2 aromatic rings. The molecule has 0 aromatic heterocycles. The van der Waals surface area contributed by atoms with Crippen LogP contribution in [0.2, 0.25) is 0 Å². The molecule has 2 aromatic carbocycles. The third kappa shape index (κ3) is 4.53. The van der Waals surface area contributed by atoms with Crippen LogP contribution in [0.4, 0.5) is 11.4 Å². The molecule has 1 N–H and O–H groups in total. The second kappa shape index (κ2) is 7.75. The summed E-state index contributed by atoms with van der Waals surface area (Å²) in [7, 11) is 0. The van der Waals surface area contributed by atoms with E-state index in [1.165, 1.54) is 18.7 Å². The molecule has 0 atom stereocenters. The number of aryl methyl sites for hydroxylation is 2. The predicted molar refractivity (Wildman–Crippen MR) is 99.0 cm³/mol. The Hall–Kier alpha value is -2.95. The Morgan fingerprint density at radius 2 is 1.56 bits per heavy atom. The number of rotatable bonds is 5. The number of carbonyl (C=O) groups is 3. The number of hydrogen-bond acceptors (Lipinski definition) is 3. The van der Waals surface area contributed by atoms with Gasteiger partial charge in [0.2, 0.25) is 11.8 Å². The van der Waals surface area contributed by atoms with Gasteiger partial charge in [0.25, 0.3) is 0 Å². The van der Waals surface area contributed by atoms with Gasteiger partial charge in [-0.05, 0) is 44.0 Å². The number of para-hydroxylation sites is 1. The van der Waals surface area contributed by atoms with Crippen LogP contribution in [0.1, 0.15) is 35.3 Å². The third-order valence-electron chi connectivity index (χ3n) is 3.99. The topological polar surface area (TPSA) is 66.5 Å². The predicted octanol–water partition coefficient (Wildman–Crippen LogP) is 3.50. The molecular weight excluding hydrogens is 316 g/mol. The highest BCUT2D eigenvalue weighted by molar-refractivity contribution is 6.03. The van der Waals surface area contributed by atoms with Crippen LogP contribution >= 0.6 is 0 Å². The maximum Gasteiger partial charge on any atom is 0.244 e. The van der Waals surface area contributed by atoms with Crippen molar-refractivity contribution in [1.82, 2.24) is 0 Å². The van der Waals surface area contributed by atoms with E-state index in [0.717, 1.165) is 16.8 Å². The number of carbonyl (C=O) groups excluding carboxylic acids is 3. The van der Waals surface area contributed by atoms with Crippen molar-refractivity contribution in [3.8, 4) is 0 Å². The SMILES string of the molecule is CC(=O)c1cccc(N(CC(=O)Nc2c(C)cccc2C)C(C)=O)c1. The number of anilines is 2. The minimum Gasteiger partial charge on any atom is -0.324 e. The molecule has 130 valence electrons. The van der Waals surface area contributed by atoms with Gasteiger partial charge in [-0.3, -0.25) is 14.4 Å². The highest BCUT2D eigenvalue weighted by Crippen LogP contribution is 2.21. The van der Waals surface area contributed by atoms with Gasteiger partial charge in [-0.1, -0.05) is 30.3 Å². The second-order valence-corrected chi connectivity index (χ2v) is 6.03. The van der Waals surface area contributed by atoms with Crippen LogP contribution in [0.5, 0.6) is 0 Å². The minimum atomic E-state index is -0.291. The van der Waals surface area contributed by atoms with Gasteiger partial charge in [0.15, 0.2) is 5.78 Å². The lowest BCUT2D eigenvalue weighted by atomic mass is 10.1. The van der Waals surface area contributed by atoms with E-state index in [2.05, 4.69) is 5.32 Å². The summed E-state index contributed by atoms with van der Waals surface area (Å²) in [5, 5.41) is 2.87. The smallest absolute Gasteiger partial charge is 0.244 e. The summed E-state index contributed by atoms with van der Waals surface area (Å²) in [6, 6.07) is 12.5. The highest BCUT2D eigenvalue weighted by atomic mass is 16.2. The van der Waals surface area contributed by atoms with Gasteiger partial charge in [-0.25, -0.2) is 0 Å². The first kappa shape index (κ1) is 18.4. The summed E-state index contributed by atoms with van der Waals surface area (Å²) >= 11 is 0. The van der Waals surface area contributed by atoms with Gasteiger partial charge < -0.3 is 10.2 Å². The van der Waals surface area contributed by atoms with Crippen LogP contribution in [-0.4, -0.2) is 24.1 Å². The Balaban J connectivity index is 2.22. The molecule has 2 amide bonds. The van der Waals surface area contributed by atoms with Crippen LogP contribution < -0.4 is 10.2 Å². The molecule has 0 aliphatic heterocycles. The van der Waals surface area contributed by atoms with Gasteiger partial charge >= 0.3 is 0 Å². The Labute approximate surface area is 147 Å². The third-order valence-corrected chi connectivity index (χ3v) is 3.99. The normalized spacial score (nSPS) is 10.2. The number of amides is 2. The van der Waals surface area contributed by atoms with E-state index < -0.39 is 0 Å². The van der Waals surface area contributed by atoms with Gasteiger partial charge in [0, 0.05) is 23.9 Å². The summed E-state index contributed by atoms with van der Waals surface area (Å²) in [5.41, 5.74) is 3.70. The summed E-state index contributed by atoms with van der Waals surface area (Å²) in [6.07, 6.45) is 0. The van der Waals surface area contributed by atoms with Gasteiger partial charge in [-0.15, -0.1) is 0 Å². The molecule has 0 saturated carbocycles. The number of benzene rings is 2. The first-order chi connectivity index (χ1) is 11.8. The molecule has 0 saturated heterocycles. The zero-order chi connectivity index (χ0) is 18.6. The summed E-state index contributed by atoms with van der Waals surface area (Å²) in [6.45, 7) is 6.57. The Morgan fingerprint density at radius 3 is 2.12 bits per heavy atom. The van der Waals surface area contributed by atoms with Gasteiger partial charge in [0.05, 0.1) is 0 Å². The van der Waals surface area contributed by atoms with E-state index in [1.54, 1.807) is 24.3 Å². The van der Waals surface area contributed by atoms with Gasteiger partial charge in [0.1, 0.15) is 6.54 Å². The molecule has 5 nitrogen and oxygen atoms in total. The van der Waals surface area contributed by atoms with Crippen molar-refractivity contribution in [2.75, 3.05) is 16.8 Å². The van der Waals surface area contributed by atoms with Crippen LogP contribution in [0.3, 0.4) is 0 Å². The second-order valence-electron chi connectivity index (χ2n) is 6.03. The average molecular weight is 338 g/mol.